The first-order chi connectivity index (χ1) is 19.8. The molecule has 2 aliphatic carbocycles. The molecule has 5 heteroatoms. The summed E-state index contributed by atoms with van der Waals surface area (Å²) < 4.78 is 1.89. The lowest BCUT2D eigenvalue weighted by atomic mass is 9.49. The number of carbonyl (C=O) groups is 1. The number of hydrogen-bond donors (Lipinski definition) is 1. The Bertz CT molecular complexity index is 1550. The Morgan fingerprint density at radius 2 is 1.95 bits per heavy atom. The van der Waals surface area contributed by atoms with Crippen LogP contribution in [0.1, 0.15) is 81.5 Å². The van der Waals surface area contributed by atoms with Crippen molar-refractivity contribution in [2.45, 2.75) is 71.1 Å². The maximum absolute atomic E-state index is 13.2. The molecule has 0 aliphatic heterocycles. The van der Waals surface area contributed by atoms with Crippen molar-refractivity contribution < 1.29 is 4.79 Å². The zero-order valence-corrected chi connectivity index (χ0v) is 25.5. The monoisotopic (exact) mass is 563 g/mol. The number of carbonyl (C=O) groups excluding carboxylic acids is 1. The molecule has 2 heterocycles. The largest absolute Gasteiger partial charge is 0.352 e. The molecule has 2 aromatic carbocycles. The van der Waals surface area contributed by atoms with Crippen molar-refractivity contribution in [3.05, 3.63) is 101 Å². The maximum Gasteiger partial charge on any atom is 0.244 e. The van der Waals surface area contributed by atoms with Gasteiger partial charge in [0.05, 0.1) is 10.6 Å². The summed E-state index contributed by atoms with van der Waals surface area (Å²) in [6.07, 6.45) is 11.5. The number of rotatable bonds is 7. The van der Waals surface area contributed by atoms with E-state index in [1.807, 2.05) is 53.4 Å². The Balaban J connectivity index is 1.19. The fourth-order valence-electron chi connectivity index (χ4n) is 7.56. The van der Waals surface area contributed by atoms with Crippen molar-refractivity contribution in [1.82, 2.24) is 15.1 Å². The van der Waals surface area contributed by atoms with Crippen LogP contribution in [0.2, 0.25) is 0 Å². The second-order valence-corrected chi connectivity index (χ2v) is 13.8. The van der Waals surface area contributed by atoms with Gasteiger partial charge >= 0.3 is 0 Å². The Hall–Kier alpha value is -3.44. The number of aromatic nitrogens is 2. The SMILES string of the molecule is CC(C)c1ccc2c(c1)CCC1C(C)(CNC(=O)/C=C/c3cn(-c4ccccc4)nc3-c3cccs3)CCCC21C. The average Bonchev–Trinajstić information content (AvgIpc) is 3.65. The van der Waals surface area contributed by atoms with Crippen LogP contribution in [0.5, 0.6) is 0 Å². The molecule has 4 aromatic rings. The molecule has 2 aliphatic rings. The van der Waals surface area contributed by atoms with E-state index in [9.17, 15) is 4.79 Å². The zero-order chi connectivity index (χ0) is 28.6. The van der Waals surface area contributed by atoms with E-state index in [0.29, 0.717) is 18.4 Å². The number of benzene rings is 2. The first-order valence-corrected chi connectivity index (χ1v) is 15.9. The van der Waals surface area contributed by atoms with Crippen LogP contribution >= 0.6 is 11.3 Å². The molecule has 0 spiro atoms. The lowest BCUT2D eigenvalue weighted by molar-refractivity contribution is -0.117. The summed E-state index contributed by atoms with van der Waals surface area (Å²) in [5, 5.41) is 10.2. The van der Waals surface area contributed by atoms with Crippen molar-refractivity contribution in [2.24, 2.45) is 11.3 Å². The van der Waals surface area contributed by atoms with Crippen LogP contribution in [-0.2, 0) is 16.6 Å². The summed E-state index contributed by atoms with van der Waals surface area (Å²) in [7, 11) is 0. The van der Waals surface area contributed by atoms with Crippen LogP contribution in [0.15, 0.2) is 78.3 Å². The highest BCUT2D eigenvalue weighted by molar-refractivity contribution is 7.13. The van der Waals surface area contributed by atoms with Crippen LogP contribution in [0, 0.1) is 11.3 Å². The van der Waals surface area contributed by atoms with Crippen LogP contribution in [0.25, 0.3) is 22.3 Å². The van der Waals surface area contributed by atoms with Gasteiger partial charge in [-0.25, -0.2) is 4.68 Å². The molecule has 0 radical (unpaired) electrons. The fourth-order valence-corrected chi connectivity index (χ4v) is 8.29. The van der Waals surface area contributed by atoms with Gasteiger partial charge in [-0.15, -0.1) is 11.3 Å². The van der Waals surface area contributed by atoms with Crippen LogP contribution < -0.4 is 5.32 Å². The van der Waals surface area contributed by atoms with E-state index in [2.05, 4.69) is 62.7 Å². The van der Waals surface area contributed by atoms with Crippen molar-refractivity contribution in [3.63, 3.8) is 0 Å². The third-order valence-corrected chi connectivity index (χ3v) is 10.6. The molecule has 0 bridgehead atoms. The maximum atomic E-state index is 13.2. The number of para-hydroxylation sites is 1. The zero-order valence-electron chi connectivity index (χ0n) is 24.7. The highest BCUT2D eigenvalue weighted by Gasteiger charge is 2.51. The molecule has 1 fully saturated rings. The van der Waals surface area contributed by atoms with Gasteiger partial charge in [0, 0.05) is 24.4 Å². The average molecular weight is 564 g/mol. The molecule has 6 rings (SSSR count). The van der Waals surface area contributed by atoms with Gasteiger partial charge in [0.25, 0.3) is 0 Å². The highest BCUT2D eigenvalue weighted by atomic mass is 32.1. The molecule has 3 atom stereocenters. The van der Waals surface area contributed by atoms with Crippen LogP contribution in [0.3, 0.4) is 0 Å². The van der Waals surface area contributed by atoms with E-state index in [1.165, 1.54) is 24.8 Å². The third-order valence-electron chi connectivity index (χ3n) is 9.77. The van der Waals surface area contributed by atoms with Gasteiger partial charge in [0.2, 0.25) is 5.91 Å². The second-order valence-electron chi connectivity index (χ2n) is 12.8. The minimum Gasteiger partial charge on any atom is -0.352 e. The normalized spacial score (nSPS) is 23.9. The van der Waals surface area contributed by atoms with Crippen LogP contribution in [-0.4, -0.2) is 22.2 Å². The van der Waals surface area contributed by atoms with Crippen LogP contribution in [0.4, 0.5) is 0 Å². The van der Waals surface area contributed by atoms with E-state index in [0.717, 1.165) is 34.7 Å². The molecule has 0 saturated heterocycles. The Kier molecular flexibility index (Phi) is 7.50. The minimum atomic E-state index is -0.0409. The van der Waals surface area contributed by atoms with Gasteiger partial charge in [-0.3, -0.25) is 4.79 Å². The molecular formula is C36H41N3OS. The van der Waals surface area contributed by atoms with Crippen molar-refractivity contribution in [2.75, 3.05) is 6.54 Å². The number of nitrogens with one attached hydrogen (secondary N) is 1. The minimum absolute atomic E-state index is 0.0409. The van der Waals surface area contributed by atoms with E-state index >= 15 is 0 Å². The highest BCUT2D eigenvalue weighted by Crippen LogP contribution is 2.57. The van der Waals surface area contributed by atoms with Gasteiger partial charge in [-0.1, -0.05) is 76.6 Å². The summed E-state index contributed by atoms with van der Waals surface area (Å²) in [6.45, 7) is 10.2. The number of amides is 1. The fraction of sp³-hybridized carbons (Fsp3) is 0.389. The predicted octanol–water partition coefficient (Wildman–Crippen LogP) is 8.56. The summed E-state index contributed by atoms with van der Waals surface area (Å²) in [5.74, 6) is 1.07. The van der Waals surface area contributed by atoms with Crippen molar-refractivity contribution >= 4 is 23.3 Å². The van der Waals surface area contributed by atoms with E-state index in [1.54, 1.807) is 28.5 Å². The number of fused-ring (bicyclic) bond motifs is 3. The predicted molar refractivity (Wildman–Crippen MR) is 171 cm³/mol. The number of thiophene rings is 1. The van der Waals surface area contributed by atoms with Gasteiger partial charge in [0.15, 0.2) is 0 Å². The summed E-state index contributed by atoms with van der Waals surface area (Å²) in [4.78, 5) is 14.3. The lowest BCUT2D eigenvalue weighted by Crippen LogP contribution is -2.53. The van der Waals surface area contributed by atoms with Gasteiger partial charge < -0.3 is 5.32 Å². The number of hydrogen-bond acceptors (Lipinski definition) is 3. The van der Waals surface area contributed by atoms with E-state index in [-0.39, 0.29) is 16.7 Å². The van der Waals surface area contributed by atoms with E-state index < -0.39 is 0 Å². The molecule has 41 heavy (non-hydrogen) atoms. The molecule has 1 saturated carbocycles. The lowest BCUT2D eigenvalue weighted by Gasteiger charge is -2.55. The van der Waals surface area contributed by atoms with Gasteiger partial charge in [-0.2, -0.15) is 5.10 Å². The molecule has 3 unspecified atom stereocenters. The summed E-state index contributed by atoms with van der Waals surface area (Å²) >= 11 is 1.66. The number of aryl methyl sites for hydroxylation is 1. The summed E-state index contributed by atoms with van der Waals surface area (Å²) in [6, 6.07) is 21.4. The first kappa shape index (κ1) is 27.7. The Morgan fingerprint density at radius 3 is 2.71 bits per heavy atom. The molecule has 4 nitrogen and oxygen atoms in total. The van der Waals surface area contributed by atoms with Crippen molar-refractivity contribution in [3.8, 4) is 16.3 Å². The Morgan fingerprint density at radius 1 is 1.12 bits per heavy atom. The van der Waals surface area contributed by atoms with Gasteiger partial charge in [0.1, 0.15) is 5.69 Å². The molecule has 212 valence electrons. The van der Waals surface area contributed by atoms with Gasteiger partial charge in [-0.05, 0) is 94.7 Å². The quantitative estimate of drug-likeness (QED) is 0.229. The van der Waals surface area contributed by atoms with Crippen molar-refractivity contribution in [1.29, 1.82) is 0 Å². The smallest absolute Gasteiger partial charge is 0.244 e. The second kappa shape index (κ2) is 11.1. The topological polar surface area (TPSA) is 46.9 Å². The van der Waals surface area contributed by atoms with E-state index in [4.69, 9.17) is 5.10 Å². The number of nitrogens with zero attached hydrogens (tertiary/aromatic N) is 2. The molecular weight excluding hydrogens is 522 g/mol. The first-order valence-electron chi connectivity index (χ1n) is 15.0. The molecule has 1 amide bonds. The third kappa shape index (κ3) is 5.32. The molecule has 2 aromatic heterocycles. The standard InChI is InChI=1S/C36H41N3OS/c1-25(2)26-13-16-30-27(22-26)14-17-32-35(3,19-9-20-36(30,32)4)24-37-33(40)18-15-28-23-39(29-10-6-5-7-11-29)38-34(28)31-12-8-21-41-31/h5-8,10-13,15-16,18,21-23,25,32H,9,14,17,19-20,24H2,1-4H3,(H,37,40)/b18-15+. The summed E-state index contributed by atoms with van der Waals surface area (Å²) in [5.41, 5.74) is 7.61. The Labute approximate surface area is 248 Å². The molecule has 1 N–H and O–H groups in total.